The molecule has 0 spiro atoms. The maximum absolute atomic E-state index is 12.4. The van der Waals surface area contributed by atoms with Gasteiger partial charge in [-0.15, -0.1) is 10.2 Å². The van der Waals surface area contributed by atoms with Gasteiger partial charge in [-0.05, 0) is 42.7 Å². The molecule has 8 heteroatoms. The van der Waals surface area contributed by atoms with Gasteiger partial charge in [0.25, 0.3) is 0 Å². The molecule has 0 saturated carbocycles. The van der Waals surface area contributed by atoms with E-state index in [2.05, 4.69) is 41.5 Å². The molecule has 1 heterocycles. The fraction of sp³-hybridized carbons (Fsp3) is 0.400. The number of hydrogen-bond donors (Lipinski definition) is 1. The average molecular weight is 506 g/mol. The average Bonchev–Trinajstić information content (AvgIpc) is 3.21. The molecule has 3 rings (SSSR count). The fourth-order valence-corrected chi connectivity index (χ4v) is 4.89. The Labute approximate surface area is 210 Å². The standard InChI is InChI=1S/C25H30Cl2N4OS/c1-3-4-5-6-7-12-24(32)28-16-23-29-30-25(33-17-19-11-9-8-10-18(19)2)31(23)22-15-20(26)13-14-21(22)27/h8-11,13-15H,3-7,12,16-17H2,1-2H3,(H,28,32). The topological polar surface area (TPSA) is 59.8 Å². The van der Waals surface area contributed by atoms with E-state index in [1.54, 1.807) is 30.0 Å². The highest BCUT2D eigenvalue weighted by Gasteiger charge is 2.18. The van der Waals surface area contributed by atoms with Crippen LogP contribution in [-0.4, -0.2) is 20.7 Å². The minimum absolute atomic E-state index is 0.0207. The lowest BCUT2D eigenvalue weighted by molar-refractivity contribution is -0.121. The van der Waals surface area contributed by atoms with E-state index in [0.717, 1.165) is 18.6 Å². The van der Waals surface area contributed by atoms with E-state index in [1.165, 1.54) is 30.4 Å². The van der Waals surface area contributed by atoms with Gasteiger partial charge in [0.1, 0.15) is 0 Å². The second kappa shape index (κ2) is 13.0. The zero-order chi connectivity index (χ0) is 23.6. The number of aromatic nitrogens is 3. The van der Waals surface area contributed by atoms with Gasteiger partial charge in [-0.3, -0.25) is 9.36 Å². The number of benzene rings is 2. The van der Waals surface area contributed by atoms with Gasteiger partial charge < -0.3 is 5.32 Å². The van der Waals surface area contributed by atoms with Gasteiger partial charge in [0.15, 0.2) is 11.0 Å². The summed E-state index contributed by atoms with van der Waals surface area (Å²) < 4.78 is 1.89. The predicted molar refractivity (Wildman–Crippen MR) is 137 cm³/mol. The molecule has 0 aliphatic carbocycles. The number of aryl methyl sites for hydroxylation is 1. The summed E-state index contributed by atoms with van der Waals surface area (Å²) in [7, 11) is 0. The maximum Gasteiger partial charge on any atom is 0.220 e. The zero-order valence-electron chi connectivity index (χ0n) is 19.1. The Morgan fingerprint density at radius 2 is 1.85 bits per heavy atom. The van der Waals surface area contributed by atoms with E-state index in [1.807, 2.05) is 16.7 Å². The van der Waals surface area contributed by atoms with Gasteiger partial charge in [-0.25, -0.2) is 0 Å². The van der Waals surface area contributed by atoms with Crippen molar-refractivity contribution in [1.29, 1.82) is 0 Å². The number of carbonyl (C=O) groups is 1. The molecule has 0 aliphatic heterocycles. The van der Waals surface area contributed by atoms with E-state index >= 15 is 0 Å². The van der Waals surface area contributed by atoms with Crippen LogP contribution in [0.4, 0.5) is 0 Å². The monoisotopic (exact) mass is 504 g/mol. The van der Waals surface area contributed by atoms with E-state index in [0.29, 0.717) is 33.1 Å². The molecule has 1 N–H and O–H groups in total. The summed E-state index contributed by atoms with van der Waals surface area (Å²) in [5.41, 5.74) is 3.15. The molecule has 0 atom stereocenters. The number of nitrogens with zero attached hydrogens (tertiary/aromatic N) is 3. The number of thioether (sulfide) groups is 1. The molecule has 0 saturated heterocycles. The van der Waals surface area contributed by atoms with Crippen molar-refractivity contribution in [2.75, 3.05) is 0 Å². The third kappa shape index (κ3) is 7.49. The Morgan fingerprint density at radius 1 is 1.06 bits per heavy atom. The quantitative estimate of drug-likeness (QED) is 0.210. The lowest BCUT2D eigenvalue weighted by Gasteiger charge is -2.13. The van der Waals surface area contributed by atoms with E-state index in [4.69, 9.17) is 23.2 Å². The van der Waals surface area contributed by atoms with Crippen LogP contribution in [0.15, 0.2) is 47.6 Å². The summed E-state index contributed by atoms with van der Waals surface area (Å²) in [6.45, 7) is 4.55. The highest BCUT2D eigenvalue weighted by Crippen LogP contribution is 2.31. The zero-order valence-corrected chi connectivity index (χ0v) is 21.4. The molecule has 1 aromatic heterocycles. The minimum atomic E-state index is 0.0207. The lowest BCUT2D eigenvalue weighted by Crippen LogP contribution is -2.24. The third-order valence-corrected chi connectivity index (χ3v) is 6.95. The van der Waals surface area contributed by atoms with Crippen LogP contribution in [0.5, 0.6) is 0 Å². The first-order chi connectivity index (χ1) is 16.0. The highest BCUT2D eigenvalue weighted by atomic mass is 35.5. The summed E-state index contributed by atoms with van der Waals surface area (Å²) in [5.74, 6) is 1.38. The molecular formula is C25H30Cl2N4OS. The first-order valence-electron chi connectivity index (χ1n) is 11.3. The summed E-state index contributed by atoms with van der Waals surface area (Å²) in [6, 6.07) is 13.6. The van der Waals surface area contributed by atoms with Crippen LogP contribution in [0, 0.1) is 6.92 Å². The Bertz CT molecular complexity index is 1070. The summed E-state index contributed by atoms with van der Waals surface area (Å²) in [4.78, 5) is 12.4. The van der Waals surface area contributed by atoms with E-state index in [-0.39, 0.29) is 12.5 Å². The molecule has 176 valence electrons. The van der Waals surface area contributed by atoms with Gasteiger partial charge in [-0.2, -0.15) is 0 Å². The van der Waals surface area contributed by atoms with Crippen LogP contribution in [-0.2, 0) is 17.1 Å². The van der Waals surface area contributed by atoms with Crippen LogP contribution in [0.2, 0.25) is 10.0 Å². The number of halogens is 2. The Balaban J connectivity index is 1.75. The normalized spacial score (nSPS) is 11.0. The second-order valence-corrected chi connectivity index (χ2v) is 9.77. The van der Waals surface area contributed by atoms with Gasteiger partial charge in [0.2, 0.25) is 5.91 Å². The fourth-order valence-electron chi connectivity index (χ4n) is 3.48. The first-order valence-corrected chi connectivity index (χ1v) is 13.1. The molecule has 0 unspecified atom stereocenters. The molecular weight excluding hydrogens is 475 g/mol. The highest BCUT2D eigenvalue weighted by molar-refractivity contribution is 7.98. The molecule has 0 radical (unpaired) electrons. The predicted octanol–water partition coefficient (Wildman–Crippen LogP) is 7.15. The van der Waals surface area contributed by atoms with Crippen LogP contribution in [0.1, 0.15) is 62.4 Å². The van der Waals surface area contributed by atoms with Gasteiger partial charge in [-0.1, -0.05) is 91.8 Å². The number of carbonyl (C=O) groups excluding carboxylic acids is 1. The van der Waals surface area contributed by atoms with Crippen molar-refractivity contribution in [3.05, 3.63) is 69.5 Å². The van der Waals surface area contributed by atoms with Crippen LogP contribution in [0.25, 0.3) is 5.69 Å². The second-order valence-electron chi connectivity index (χ2n) is 7.99. The van der Waals surface area contributed by atoms with Crippen molar-refractivity contribution in [3.8, 4) is 5.69 Å². The molecule has 33 heavy (non-hydrogen) atoms. The molecule has 2 aromatic carbocycles. The third-order valence-electron chi connectivity index (χ3n) is 5.42. The number of unbranched alkanes of at least 4 members (excludes halogenated alkanes) is 4. The molecule has 0 bridgehead atoms. The number of hydrogen-bond acceptors (Lipinski definition) is 4. The Kier molecular flexibility index (Phi) is 10.1. The molecule has 0 fully saturated rings. The lowest BCUT2D eigenvalue weighted by atomic mass is 10.1. The SMILES string of the molecule is CCCCCCCC(=O)NCc1nnc(SCc2ccccc2C)n1-c1cc(Cl)ccc1Cl. The van der Waals surface area contributed by atoms with E-state index < -0.39 is 0 Å². The Morgan fingerprint density at radius 3 is 2.64 bits per heavy atom. The van der Waals surface area contributed by atoms with Crippen LogP contribution < -0.4 is 5.32 Å². The Hall–Kier alpha value is -2.02. The van der Waals surface area contributed by atoms with Crippen LogP contribution in [0.3, 0.4) is 0 Å². The molecule has 3 aromatic rings. The molecule has 0 aliphatic rings. The van der Waals surface area contributed by atoms with Gasteiger partial charge >= 0.3 is 0 Å². The number of amides is 1. The molecule has 5 nitrogen and oxygen atoms in total. The number of rotatable bonds is 12. The van der Waals surface area contributed by atoms with E-state index in [9.17, 15) is 4.79 Å². The van der Waals surface area contributed by atoms with Crippen molar-refractivity contribution >= 4 is 40.9 Å². The van der Waals surface area contributed by atoms with Crippen molar-refractivity contribution < 1.29 is 4.79 Å². The maximum atomic E-state index is 12.4. The van der Waals surface area contributed by atoms with Crippen molar-refractivity contribution in [3.63, 3.8) is 0 Å². The largest absolute Gasteiger partial charge is 0.349 e. The van der Waals surface area contributed by atoms with Crippen LogP contribution >= 0.6 is 35.0 Å². The van der Waals surface area contributed by atoms with Crippen molar-refractivity contribution in [1.82, 2.24) is 20.1 Å². The van der Waals surface area contributed by atoms with Crippen molar-refractivity contribution in [2.24, 2.45) is 0 Å². The molecule has 1 amide bonds. The first kappa shape index (κ1) is 25.6. The van der Waals surface area contributed by atoms with Gasteiger partial charge in [0.05, 0.1) is 17.3 Å². The minimum Gasteiger partial charge on any atom is -0.349 e. The summed E-state index contributed by atoms with van der Waals surface area (Å²) in [6.07, 6.45) is 6.08. The van der Waals surface area contributed by atoms with Gasteiger partial charge in [0, 0.05) is 17.2 Å². The smallest absolute Gasteiger partial charge is 0.220 e. The summed E-state index contributed by atoms with van der Waals surface area (Å²) >= 11 is 14.4. The number of nitrogens with one attached hydrogen (secondary N) is 1. The summed E-state index contributed by atoms with van der Waals surface area (Å²) in [5, 5.41) is 13.6. The van der Waals surface area contributed by atoms with Crippen molar-refractivity contribution in [2.45, 2.75) is 69.8 Å².